The van der Waals surface area contributed by atoms with Crippen molar-refractivity contribution in [2.75, 3.05) is 0 Å². The number of hydrogen-bond acceptors (Lipinski definition) is 4. The second kappa shape index (κ2) is 5.31. The topological polar surface area (TPSA) is 83.6 Å². The van der Waals surface area contributed by atoms with Gasteiger partial charge in [0.2, 0.25) is 0 Å². The molecular weight excluding hydrogens is 242 g/mol. The minimum atomic E-state index is -0.271. The van der Waals surface area contributed by atoms with E-state index in [1.54, 1.807) is 10.7 Å². The number of carbonyl (C=O) groups is 1. The number of amides is 1. The van der Waals surface area contributed by atoms with E-state index >= 15 is 0 Å². The first-order valence-corrected chi connectivity index (χ1v) is 5.73. The lowest BCUT2D eigenvalue weighted by Gasteiger charge is -2.03. The van der Waals surface area contributed by atoms with Crippen molar-refractivity contribution in [3.8, 4) is 6.07 Å². The summed E-state index contributed by atoms with van der Waals surface area (Å²) in [6.07, 6.45) is 3.24. The quantitative estimate of drug-likeness (QED) is 0.884. The molecule has 0 radical (unpaired) electrons. The van der Waals surface area contributed by atoms with Crippen LogP contribution in [0.3, 0.4) is 0 Å². The zero-order valence-corrected chi connectivity index (χ0v) is 10.7. The molecule has 0 atom stereocenters. The van der Waals surface area contributed by atoms with Gasteiger partial charge in [0.15, 0.2) is 0 Å². The van der Waals surface area contributed by atoms with Crippen molar-refractivity contribution in [1.29, 1.82) is 5.26 Å². The van der Waals surface area contributed by atoms with E-state index < -0.39 is 0 Å². The smallest absolute Gasteiger partial charge is 0.270 e. The van der Waals surface area contributed by atoms with Gasteiger partial charge in [-0.25, -0.2) is 4.98 Å². The Hall–Kier alpha value is -2.68. The fourth-order valence-corrected chi connectivity index (χ4v) is 1.68. The normalized spacial score (nSPS) is 9.95. The fraction of sp³-hybridized carbons (Fsp3) is 0.231. The molecule has 96 valence electrons. The summed E-state index contributed by atoms with van der Waals surface area (Å²) in [5.41, 5.74) is 2.57. The summed E-state index contributed by atoms with van der Waals surface area (Å²) in [4.78, 5) is 15.8. The van der Waals surface area contributed by atoms with Crippen LogP contribution in [0.15, 0.2) is 24.5 Å². The molecule has 0 spiro atoms. The molecule has 2 rings (SSSR count). The van der Waals surface area contributed by atoms with E-state index in [1.807, 2.05) is 26.2 Å². The summed E-state index contributed by atoms with van der Waals surface area (Å²) in [6.45, 7) is 2.29. The highest BCUT2D eigenvalue weighted by atomic mass is 16.1. The van der Waals surface area contributed by atoms with Crippen LogP contribution in [0.2, 0.25) is 0 Å². The maximum Gasteiger partial charge on any atom is 0.270 e. The highest BCUT2D eigenvalue weighted by molar-refractivity contribution is 5.92. The molecule has 6 nitrogen and oxygen atoms in total. The van der Waals surface area contributed by atoms with E-state index in [9.17, 15) is 4.79 Å². The Morgan fingerprint density at radius 1 is 1.53 bits per heavy atom. The maximum atomic E-state index is 11.9. The number of pyridine rings is 1. The summed E-state index contributed by atoms with van der Waals surface area (Å²) in [7, 11) is 1.83. The predicted molar refractivity (Wildman–Crippen MR) is 68.1 cm³/mol. The number of hydrogen-bond donors (Lipinski definition) is 1. The minimum Gasteiger partial charge on any atom is -0.346 e. The monoisotopic (exact) mass is 255 g/mol. The van der Waals surface area contributed by atoms with E-state index in [4.69, 9.17) is 5.26 Å². The standard InChI is InChI=1S/C13H13N5O/c1-9-11(8-18(2)17-9)7-16-13(19)12-4-3-10(5-14)6-15-12/h3-4,6,8H,7H2,1-2H3,(H,16,19). The van der Waals surface area contributed by atoms with Gasteiger partial charge in [-0.05, 0) is 19.1 Å². The number of carbonyl (C=O) groups excluding carboxylic acids is 1. The number of nitriles is 1. The van der Waals surface area contributed by atoms with Crippen LogP contribution in [-0.4, -0.2) is 20.7 Å². The summed E-state index contributed by atoms with van der Waals surface area (Å²) in [6, 6.07) is 5.05. The first-order valence-electron chi connectivity index (χ1n) is 5.73. The van der Waals surface area contributed by atoms with Crippen LogP contribution in [0.5, 0.6) is 0 Å². The molecule has 19 heavy (non-hydrogen) atoms. The van der Waals surface area contributed by atoms with E-state index in [1.165, 1.54) is 12.3 Å². The van der Waals surface area contributed by atoms with Crippen molar-refractivity contribution < 1.29 is 4.79 Å². The molecule has 0 unspecified atom stereocenters. The molecule has 0 fully saturated rings. The van der Waals surface area contributed by atoms with Crippen LogP contribution in [-0.2, 0) is 13.6 Å². The second-order valence-corrected chi connectivity index (χ2v) is 4.14. The Balaban J connectivity index is 2.01. The largest absolute Gasteiger partial charge is 0.346 e. The predicted octanol–water partition coefficient (Wildman–Crippen LogP) is 0.925. The van der Waals surface area contributed by atoms with Gasteiger partial charge < -0.3 is 5.32 Å². The zero-order chi connectivity index (χ0) is 13.8. The van der Waals surface area contributed by atoms with Crippen LogP contribution in [0.25, 0.3) is 0 Å². The third-order valence-corrected chi connectivity index (χ3v) is 2.68. The summed E-state index contributed by atoms with van der Waals surface area (Å²) in [5.74, 6) is -0.271. The lowest BCUT2D eigenvalue weighted by Crippen LogP contribution is -2.23. The van der Waals surface area contributed by atoms with Gasteiger partial charge in [-0.15, -0.1) is 0 Å². The first-order chi connectivity index (χ1) is 9.10. The van der Waals surface area contributed by atoms with Gasteiger partial charge >= 0.3 is 0 Å². The number of aryl methyl sites for hydroxylation is 2. The van der Waals surface area contributed by atoms with Gasteiger partial charge in [-0.3, -0.25) is 9.48 Å². The van der Waals surface area contributed by atoms with Gasteiger partial charge in [0.1, 0.15) is 11.8 Å². The van der Waals surface area contributed by atoms with Crippen LogP contribution in [0, 0.1) is 18.3 Å². The highest BCUT2D eigenvalue weighted by Crippen LogP contribution is 2.05. The van der Waals surface area contributed by atoms with Crippen molar-refractivity contribution >= 4 is 5.91 Å². The fourth-order valence-electron chi connectivity index (χ4n) is 1.68. The van der Waals surface area contributed by atoms with Crippen LogP contribution in [0.1, 0.15) is 27.3 Å². The van der Waals surface area contributed by atoms with E-state index in [-0.39, 0.29) is 5.91 Å². The number of nitrogens with zero attached hydrogens (tertiary/aromatic N) is 4. The molecule has 1 amide bonds. The van der Waals surface area contributed by atoms with Gasteiger partial charge in [-0.1, -0.05) is 0 Å². The van der Waals surface area contributed by atoms with Crippen molar-refractivity contribution in [1.82, 2.24) is 20.1 Å². The second-order valence-electron chi connectivity index (χ2n) is 4.14. The average Bonchev–Trinajstić information content (AvgIpc) is 2.74. The first kappa shape index (κ1) is 12.8. The molecule has 0 aliphatic carbocycles. The minimum absolute atomic E-state index is 0.271. The molecule has 0 saturated heterocycles. The highest BCUT2D eigenvalue weighted by Gasteiger charge is 2.09. The van der Waals surface area contributed by atoms with Crippen molar-refractivity contribution in [3.63, 3.8) is 0 Å². The Morgan fingerprint density at radius 3 is 2.84 bits per heavy atom. The maximum absolute atomic E-state index is 11.9. The molecule has 0 saturated carbocycles. The van der Waals surface area contributed by atoms with Crippen molar-refractivity contribution in [2.45, 2.75) is 13.5 Å². The Kier molecular flexibility index (Phi) is 3.57. The van der Waals surface area contributed by atoms with Crippen LogP contribution < -0.4 is 5.32 Å². The van der Waals surface area contributed by atoms with E-state index in [0.717, 1.165) is 11.3 Å². The zero-order valence-electron chi connectivity index (χ0n) is 10.7. The average molecular weight is 255 g/mol. The Morgan fingerprint density at radius 2 is 2.32 bits per heavy atom. The molecule has 0 aliphatic rings. The van der Waals surface area contributed by atoms with Crippen LogP contribution in [0.4, 0.5) is 0 Å². The molecule has 0 aromatic carbocycles. The third kappa shape index (κ3) is 2.96. The lowest BCUT2D eigenvalue weighted by atomic mass is 10.2. The van der Waals surface area contributed by atoms with E-state index in [0.29, 0.717) is 17.8 Å². The summed E-state index contributed by atoms with van der Waals surface area (Å²) in [5, 5.41) is 15.6. The van der Waals surface area contributed by atoms with Gasteiger partial charge in [0.05, 0.1) is 11.3 Å². The number of nitrogens with one attached hydrogen (secondary N) is 1. The van der Waals surface area contributed by atoms with E-state index in [2.05, 4.69) is 15.4 Å². The molecule has 0 aliphatic heterocycles. The van der Waals surface area contributed by atoms with Crippen molar-refractivity contribution in [2.24, 2.45) is 7.05 Å². The molecule has 2 aromatic rings. The molecule has 6 heteroatoms. The molecule has 0 bridgehead atoms. The summed E-state index contributed by atoms with van der Waals surface area (Å²) < 4.78 is 1.71. The Bertz CT molecular complexity index is 636. The molecule has 1 N–H and O–H groups in total. The molecule has 2 aromatic heterocycles. The van der Waals surface area contributed by atoms with Gasteiger partial charge in [0.25, 0.3) is 5.91 Å². The van der Waals surface area contributed by atoms with Crippen LogP contribution >= 0.6 is 0 Å². The van der Waals surface area contributed by atoms with Crippen molar-refractivity contribution in [3.05, 3.63) is 47.0 Å². The number of aromatic nitrogens is 3. The SMILES string of the molecule is Cc1nn(C)cc1CNC(=O)c1ccc(C#N)cn1. The number of rotatable bonds is 3. The summed E-state index contributed by atoms with van der Waals surface area (Å²) >= 11 is 0. The molecular formula is C13H13N5O. The lowest BCUT2D eigenvalue weighted by molar-refractivity contribution is 0.0946. The van der Waals surface area contributed by atoms with Gasteiger partial charge in [0, 0.05) is 31.5 Å². The molecule has 2 heterocycles. The third-order valence-electron chi connectivity index (χ3n) is 2.68. The Labute approximate surface area is 110 Å². The van der Waals surface area contributed by atoms with Gasteiger partial charge in [-0.2, -0.15) is 10.4 Å².